The SMILES string of the molecule is N/N=C(/N)c1ccc(S[C@H]2SC[C@@H](O)[C@H](O)[C@H]2O)cc1. The molecule has 1 heterocycles. The van der Waals surface area contributed by atoms with Crippen LogP contribution in [0.5, 0.6) is 0 Å². The lowest BCUT2D eigenvalue weighted by Crippen LogP contribution is -2.47. The van der Waals surface area contributed by atoms with Crippen LogP contribution in [0.1, 0.15) is 5.56 Å². The van der Waals surface area contributed by atoms with Crippen LogP contribution < -0.4 is 11.6 Å². The van der Waals surface area contributed by atoms with Gasteiger partial charge in [0.05, 0.1) is 10.7 Å². The zero-order valence-electron chi connectivity index (χ0n) is 10.6. The molecule has 8 heteroatoms. The number of thioether (sulfide) groups is 2. The second-order valence-electron chi connectivity index (χ2n) is 4.41. The van der Waals surface area contributed by atoms with E-state index in [2.05, 4.69) is 5.10 Å². The third kappa shape index (κ3) is 3.39. The number of hydrogen-bond donors (Lipinski definition) is 5. The molecule has 1 fully saturated rings. The molecule has 2 rings (SSSR count). The lowest BCUT2D eigenvalue weighted by molar-refractivity contribution is -0.0474. The monoisotopic (exact) mass is 315 g/mol. The van der Waals surface area contributed by atoms with Gasteiger partial charge in [0, 0.05) is 16.2 Å². The minimum atomic E-state index is -1.10. The van der Waals surface area contributed by atoms with Gasteiger partial charge in [0.2, 0.25) is 0 Å². The molecule has 0 aromatic heterocycles. The summed E-state index contributed by atoms with van der Waals surface area (Å²) in [4.78, 5) is 0.929. The van der Waals surface area contributed by atoms with Gasteiger partial charge < -0.3 is 26.9 Å². The number of hydrazone groups is 1. The van der Waals surface area contributed by atoms with Crippen LogP contribution in [0.25, 0.3) is 0 Å². The van der Waals surface area contributed by atoms with Crippen LogP contribution >= 0.6 is 23.5 Å². The van der Waals surface area contributed by atoms with Crippen LogP contribution in [-0.4, -0.2) is 49.8 Å². The number of nitrogens with two attached hydrogens (primary N) is 2. The van der Waals surface area contributed by atoms with E-state index in [4.69, 9.17) is 11.6 Å². The van der Waals surface area contributed by atoms with Gasteiger partial charge in [-0.3, -0.25) is 0 Å². The van der Waals surface area contributed by atoms with E-state index >= 15 is 0 Å². The van der Waals surface area contributed by atoms with Crippen LogP contribution in [0.3, 0.4) is 0 Å². The average Bonchev–Trinajstić information content (AvgIpc) is 2.48. The smallest absolute Gasteiger partial charge is 0.150 e. The van der Waals surface area contributed by atoms with E-state index < -0.39 is 18.3 Å². The van der Waals surface area contributed by atoms with Gasteiger partial charge >= 0.3 is 0 Å². The van der Waals surface area contributed by atoms with Crippen LogP contribution in [0.4, 0.5) is 0 Å². The molecule has 4 atom stereocenters. The van der Waals surface area contributed by atoms with Crippen molar-refractivity contribution >= 4 is 29.4 Å². The molecule has 1 aromatic rings. The first-order valence-electron chi connectivity index (χ1n) is 5.99. The van der Waals surface area contributed by atoms with Crippen molar-refractivity contribution in [2.45, 2.75) is 27.8 Å². The molecule has 1 aliphatic rings. The van der Waals surface area contributed by atoms with Crippen LogP contribution in [0, 0.1) is 0 Å². The highest BCUT2D eigenvalue weighted by atomic mass is 32.2. The summed E-state index contributed by atoms with van der Waals surface area (Å²) in [6, 6.07) is 7.28. The maximum absolute atomic E-state index is 9.94. The van der Waals surface area contributed by atoms with Crippen LogP contribution in [0.2, 0.25) is 0 Å². The Morgan fingerprint density at radius 3 is 2.45 bits per heavy atom. The summed E-state index contributed by atoms with van der Waals surface area (Å²) < 4.78 is -0.222. The second-order valence-corrected chi connectivity index (χ2v) is 7.09. The van der Waals surface area contributed by atoms with Gasteiger partial charge in [-0.25, -0.2) is 0 Å². The normalized spacial score (nSPS) is 31.2. The molecule has 1 saturated heterocycles. The van der Waals surface area contributed by atoms with Gasteiger partial charge in [-0.1, -0.05) is 12.1 Å². The lowest BCUT2D eigenvalue weighted by Gasteiger charge is -2.34. The highest BCUT2D eigenvalue weighted by Crippen LogP contribution is 2.38. The quantitative estimate of drug-likeness (QED) is 0.221. The number of aliphatic hydroxyl groups is 3. The Morgan fingerprint density at radius 1 is 1.20 bits per heavy atom. The predicted molar refractivity (Wildman–Crippen MR) is 81.5 cm³/mol. The van der Waals surface area contributed by atoms with Crippen molar-refractivity contribution < 1.29 is 15.3 Å². The summed E-state index contributed by atoms with van der Waals surface area (Å²) in [5.74, 6) is 5.77. The third-order valence-corrected chi connectivity index (χ3v) is 5.89. The summed E-state index contributed by atoms with van der Waals surface area (Å²) in [5.41, 5.74) is 6.32. The third-order valence-electron chi connectivity index (χ3n) is 3.00. The van der Waals surface area contributed by atoms with Gasteiger partial charge in [-0.05, 0) is 12.1 Å². The maximum Gasteiger partial charge on any atom is 0.150 e. The zero-order valence-corrected chi connectivity index (χ0v) is 12.2. The minimum absolute atomic E-state index is 0.222. The van der Waals surface area contributed by atoms with E-state index in [0.717, 1.165) is 10.5 Å². The second kappa shape index (κ2) is 6.68. The topological polar surface area (TPSA) is 125 Å². The Kier molecular flexibility index (Phi) is 5.17. The van der Waals surface area contributed by atoms with Crippen LogP contribution in [-0.2, 0) is 0 Å². The van der Waals surface area contributed by atoms with Crippen molar-refractivity contribution in [3.05, 3.63) is 29.8 Å². The first-order valence-corrected chi connectivity index (χ1v) is 7.92. The Balaban J connectivity index is 2.03. The molecule has 0 amide bonds. The largest absolute Gasteiger partial charge is 0.389 e. The van der Waals surface area contributed by atoms with Crippen LogP contribution in [0.15, 0.2) is 34.3 Å². The molecule has 6 nitrogen and oxygen atoms in total. The van der Waals surface area contributed by atoms with Crippen molar-refractivity contribution in [1.82, 2.24) is 0 Å². The Hall–Kier alpha value is -0.930. The number of benzene rings is 1. The maximum atomic E-state index is 9.94. The molecule has 1 aromatic carbocycles. The number of rotatable bonds is 3. The van der Waals surface area contributed by atoms with Gasteiger partial charge in [0.15, 0.2) is 0 Å². The molecule has 0 aliphatic carbocycles. The summed E-state index contributed by atoms with van der Waals surface area (Å²) in [6.07, 6.45) is -2.95. The number of amidine groups is 1. The van der Waals surface area contributed by atoms with Crippen molar-refractivity contribution in [2.75, 3.05) is 5.75 Å². The Labute approximate surface area is 125 Å². The average molecular weight is 315 g/mol. The van der Waals surface area contributed by atoms with E-state index in [9.17, 15) is 15.3 Å². The van der Waals surface area contributed by atoms with Gasteiger partial charge in [0.25, 0.3) is 0 Å². The first kappa shape index (κ1) is 15.5. The first-order chi connectivity index (χ1) is 9.52. The molecule has 20 heavy (non-hydrogen) atoms. The zero-order chi connectivity index (χ0) is 14.7. The molecule has 7 N–H and O–H groups in total. The summed E-state index contributed by atoms with van der Waals surface area (Å²) in [5, 5.41) is 32.5. The van der Waals surface area contributed by atoms with E-state index in [1.165, 1.54) is 23.5 Å². The van der Waals surface area contributed by atoms with E-state index in [-0.39, 0.29) is 10.4 Å². The molecular weight excluding hydrogens is 298 g/mol. The molecule has 0 radical (unpaired) electrons. The molecule has 0 spiro atoms. The Bertz CT molecular complexity index is 483. The molecule has 110 valence electrons. The van der Waals surface area contributed by atoms with Crippen molar-refractivity contribution in [2.24, 2.45) is 16.7 Å². The fraction of sp³-hybridized carbons (Fsp3) is 0.417. The van der Waals surface area contributed by atoms with E-state index in [1.807, 2.05) is 12.1 Å². The fourth-order valence-electron chi connectivity index (χ4n) is 1.80. The van der Waals surface area contributed by atoms with E-state index in [0.29, 0.717) is 5.75 Å². The van der Waals surface area contributed by atoms with Crippen molar-refractivity contribution in [3.63, 3.8) is 0 Å². The highest BCUT2D eigenvalue weighted by molar-refractivity contribution is 8.17. The predicted octanol–water partition coefficient (Wildman–Crippen LogP) is -0.487. The number of aliphatic hydroxyl groups excluding tert-OH is 3. The minimum Gasteiger partial charge on any atom is -0.389 e. The molecule has 0 unspecified atom stereocenters. The summed E-state index contributed by atoms with van der Waals surface area (Å²) in [6.45, 7) is 0. The Morgan fingerprint density at radius 2 is 1.85 bits per heavy atom. The fourth-order valence-corrected chi connectivity index (χ4v) is 4.44. The summed E-state index contributed by atoms with van der Waals surface area (Å²) in [7, 11) is 0. The van der Waals surface area contributed by atoms with Crippen molar-refractivity contribution in [1.29, 1.82) is 0 Å². The molecular formula is C12H17N3O3S2. The highest BCUT2D eigenvalue weighted by Gasteiger charge is 2.37. The summed E-state index contributed by atoms with van der Waals surface area (Å²) >= 11 is 2.86. The molecule has 0 saturated carbocycles. The van der Waals surface area contributed by atoms with E-state index in [1.54, 1.807) is 12.1 Å². The molecule has 1 aliphatic heterocycles. The standard InChI is InChI=1S/C12H17N3O3S2/c13-11(15-14)6-1-3-7(4-2-6)20-12-10(18)9(17)8(16)5-19-12/h1-4,8-10,12,16-18H,5,14H2,(H2,13,15)/t8-,9+,10-,12-/m1/s1. The van der Waals surface area contributed by atoms with Gasteiger partial charge in [0.1, 0.15) is 18.0 Å². The van der Waals surface area contributed by atoms with Gasteiger partial charge in [-0.2, -0.15) is 5.10 Å². The lowest BCUT2D eigenvalue weighted by atomic mass is 10.1. The number of hydrogen-bond acceptors (Lipinski definition) is 7. The van der Waals surface area contributed by atoms with Crippen molar-refractivity contribution in [3.8, 4) is 0 Å². The molecule has 0 bridgehead atoms. The van der Waals surface area contributed by atoms with Gasteiger partial charge in [-0.15, -0.1) is 23.5 Å². The number of nitrogens with zero attached hydrogens (tertiary/aromatic N) is 1.